The largest absolute Gasteiger partial charge is 0.469 e. The molecule has 1 aliphatic rings. The molecule has 0 saturated heterocycles. The Labute approximate surface area is 129 Å². The second-order valence-electron chi connectivity index (χ2n) is 5.84. The summed E-state index contributed by atoms with van der Waals surface area (Å²) in [6.07, 6.45) is 5.69. The van der Waals surface area contributed by atoms with Gasteiger partial charge in [0, 0.05) is 18.9 Å². The lowest BCUT2D eigenvalue weighted by atomic mass is 9.79. The molecule has 0 aliphatic heterocycles. The molecule has 1 aromatic rings. The lowest BCUT2D eigenvalue weighted by Crippen LogP contribution is -2.46. The second-order valence-corrected chi connectivity index (χ2v) is 5.84. The quantitative estimate of drug-likeness (QED) is 0.787. The minimum Gasteiger partial charge on any atom is -0.469 e. The van der Waals surface area contributed by atoms with Crippen molar-refractivity contribution < 1.29 is 19.4 Å². The summed E-state index contributed by atoms with van der Waals surface area (Å²) >= 11 is 0. The summed E-state index contributed by atoms with van der Waals surface area (Å²) in [5.41, 5.74) is -0.101. The number of methoxy groups -OCH3 is 1. The minimum atomic E-state index is -0.935. The number of amides is 1. The predicted octanol–water partition coefficient (Wildman–Crippen LogP) is 0.835. The number of hydrogen-bond acceptors (Lipinski definition) is 5. The Balaban J connectivity index is 1.77. The van der Waals surface area contributed by atoms with Crippen molar-refractivity contribution in [3.63, 3.8) is 0 Å². The summed E-state index contributed by atoms with van der Waals surface area (Å²) in [6, 6.07) is 3.62. The zero-order valence-corrected chi connectivity index (χ0v) is 12.7. The molecule has 1 heterocycles. The van der Waals surface area contributed by atoms with Gasteiger partial charge in [0.2, 0.25) is 5.91 Å². The number of nitrogens with zero attached hydrogens (tertiary/aromatic N) is 1. The van der Waals surface area contributed by atoms with E-state index in [2.05, 4.69) is 10.3 Å². The van der Waals surface area contributed by atoms with E-state index in [1.165, 1.54) is 7.11 Å². The third-order valence-electron chi connectivity index (χ3n) is 4.15. The zero-order valence-electron chi connectivity index (χ0n) is 12.7. The summed E-state index contributed by atoms with van der Waals surface area (Å²) in [5, 5.41) is 13.2. The van der Waals surface area contributed by atoms with Gasteiger partial charge in [0.1, 0.15) is 0 Å². The predicted molar refractivity (Wildman–Crippen MR) is 79.9 cm³/mol. The third kappa shape index (κ3) is 4.53. The van der Waals surface area contributed by atoms with Crippen molar-refractivity contribution in [3.8, 4) is 0 Å². The van der Waals surface area contributed by atoms with Gasteiger partial charge in [-0.2, -0.15) is 0 Å². The van der Waals surface area contributed by atoms with Crippen molar-refractivity contribution in [3.05, 3.63) is 30.1 Å². The molecular formula is C16H22N2O4. The van der Waals surface area contributed by atoms with Crippen LogP contribution in [0.3, 0.4) is 0 Å². The molecule has 1 saturated carbocycles. The first kappa shape index (κ1) is 16.4. The number of aliphatic hydroxyl groups is 1. The summed E-state index contributed by atoms with van der Waals surface area (Å²) < 4.78 is 4.73. The van der Waals surface area contributed by atoms with E-state index in [0.717, 1.165) is 5.56 Å². The van der Waals surface area contributed by atoms with Gasteiger partial charge in [-0.25, -0.2) is 0 Å². The Morgan fingerprint density at radius 2 is 2.18 bits per heavy atom. The highest BCUT2D eigenvalue weighted by molar-refractivity contribution is 5.78. The number of ether oxygens (including phenoxy) is 1. The summed E-state index contributed by atoms with van der Waals surface area (Å²) in [4.78, 5) is 27.3. The molecule has 0 spiro atoms. The fourth-order valence-electron chi connectivity index (χ4n) is 2.75. The first-order valence-electron chi connectivity index (χ1n) is 7.48. The van der Waals surface area contributed by atoms with E-state index in [0.29, 0.717) is 25.7 Å². The van der Waals surface area contributed by atoms with E-state index in [1.54, 1.807) is 18.5 Å². The van der Waals surface area contributed by atoms with Crippen molar-refractivity contribution in [1.29, 1.82) is 0 Å². The van der Waals surface area contributed by atoms with E-state index in [1.807, 2.05) is 6.07 Å². The monoisotopic (exact) mass is 306 g/mol. The SMILES string of the molecule is COC(=O)C1CCC(O)(CNC(=O)Cc2cccnc2)CC1. The standard InChI is InChI=1S/C16H22N2O4/c1-22-15(20)13-4-6-16(21,7-5-13)11-18-14(19)9-12-3-2-8-17-10-12/h2-3,8,10,13,21H,4-7,9,11H2,1H3,(H,18,19). The highest BCUT2D eigenvalue weighted by atomic mass is 16.5. The number of nitrogens with one attached hydrogen (secondary N) is 1. The normalized spacial score (nSPS) is 24.5. The van der Waals surface area contributed by atoms with Crippen molar-refractivity contribution in [2.45, 2.75) is 37.7 Å². The number of aromatic nitrogens is 1. The van der Waals surface area contributed by atoms with Gasteiger partial charge in [0.25, 0.3) is 0 Å². The van der Waals surface area contributed by atoms with Gasteiger partial charge in [-0.05, 0) is 37.3 Å². The Hall–Kier alpha value is -1.95. The molecule has 1 aromatic heterocycles. The molecule has 0 aromatic carbocycles. The van der Waals surface area contributed by atoms with E-state index in [-0.39, 0.29) is 30.8 Å². The van der Waals surface area contributed by atoms with E-state index in [9.17, 15) is 14.7 Å². The minimum absolute atomic E-state index is 0.142. The Bertz CT molecular complexity index is 510. The fraction of sp³-hybridized carbons (Fsp3) is 0.562. The first-order chi connectivity index (χ1) is 10.5. The molecule has 6 nitrogen and oxygen atoms in total. The van der Waals surface area contributed by atoms with Crippen molar-refractivity contribution in [2.24, 2.45) is 5.92 Å². The fourth-order valence-corrected chi connectivity index (χ4v) is 2.75. The van der Waals surface area contributed by atoms with Gasteiger partial charge in [0.05, 0.1) is 25.0 Å². The van der Waals surface area contributed by atoms with E-state index >= 15 is 0 Å². The Morgan fingerprint density at radius 1 is 1.45 bits per heavy atom. The molecule has 0 bridgehead atoms. The lowest BCUT2D eigenvalue weighted by Gasteiger charge is -2.35. The maximum absolute atomic E-state index is 11.9. The topological polar surface area (TPSA) is 88.5 Å². The third-order valence-corrected chi connectivity index (χ3v) is 4.15. The number of pyridine rings is 1. The van der Waals surface area contributed by atoms with Gasteiger partial charge in [0.15, 0.2) is 0 Å². The van der Waals surface area contributed by atoms with Crippen LogP contribution in [0.4, 0.5) is 0 Å². The van der Waals surface area contributed by atoms with Gasteiger partial charge in [-0.15, -0.1) is 0 Å². The number of carbonyl (C=O) groups excluding carboxylic acids is 2. The summed E-state index contributed by atoms with van der Waals surface area (Å²) in [5.74, 6) is -0.504. The molecule has 120 valence electrons. The van der Waals surface area contributed by atoms with Gasteiger partial charge < -0.3 is 15.2 Å². The molecule has 2 rings (SSSR count). The molecule has 22 heavy (non-hydrogen) atoms. The first-order valence-corrected chi connectivity index (χ1v) is 7.48. The van der Waals surface area contributed by atoms with Gasteiger partial charge >= 0.3 is 5.97 Å². The van der Waals surface area contributed by atoms with Crippen LogP contribution in [0, 0.1) is 5.92 Å². The molecule has 1 aliphatic carbocycles. The van der Waals surface area contributed by atoms with Crippen LogP contribution in [0.15, 0.2) is 24.5 Å². The average Bonchev–Trinajstić information content (AvgIpc) is 2.54. The average molecular weight is 306 g/mol. The lowest BCUT2D eigenvalue weighted by molar-refractivity contribution is -0.148. The smallest absolute Gasteiger partial charge is 0.308 e. The molecule has 0 atom stereocenters. The maximum atomic E-state index is 11.9. The Morgan fingerprint density at radius 3 is 2.77 bits per heavy atom. The second kappa shape index (κ2) is 7.35. The van der Waals surface area contributed by atoms with Crippen LogP contribution in [0.2, 0.25) is 0 Å². The van der Waals surface area contributed by atoms with Crippen LogP contribution >= 0.6 is 0 Å². The molecule has 2 N–H and O–H groups in total. The molecule has 0 radical (unpaired) electrons. The molecule has 1 fully saturated rings. The number of hydrogen-bond donors (Lipinski definition) is 2. The van der Waals surface area contributed by atoms with Crippen molar-refractivity contribution in [2.75, 3.05) is 13.7 Å². The van der Waals surface area contributed by atoms with Crippen LogP contribution in [0.1, 0.15) is 31.2 Å². The Kier molecular flexibility index (Phi) is 5.49. The van der Waals surface area contributed by atoms with Crippen molar-refractivity contribution >= 4 is 11.9 Å². The highest BCUT2D eigenvalue weighted by Crippen LogP contribution is 2.32. The van der Waals surface area contributed by atoms with E-state index in [4.69, 9.17) is 4.74 Å². The van der Waals surface area contributed by atoms with Crippen LogP contribution in [-0.4, -0.2) is 41.2 Å². The van der Waals surface area contributed by atoms with Crippen LogP contribution in [0.25, 0.3) is 0 Å². The summed E-state index contributed by atoms with van der Waals surface area (Å²) in [6.45, 7) is 0.208. The zero-order chi connectivity index (χ0) is 16.0. The highest BCUT2D eigenvalue weighted by Gasteiger charge is 2.36. The summed E-state index contributed by atoms with van der Waals surface area (Å²) in [7, 11) is 1.38. The number of carbonyl (C=O) groups is 2. The molecule has 1 amide bonds. The van der Waals surface area contributed by atoms with Gasteiger partial charge in [-0.1, -0.05) is 6.07 Å². The van der Waals surface area contributed by atoms with Gasteiger partial charge in [-0.3, -0.25) is 14.6 Å². The van der Waals surface area contributed by atoms with E-state index < -0.39 is 5.60 Å². The number of rotatable bonds is 5. The molecular weight excluding hydrogens is 284 g/mol. The van der Waals surface area contributed by atoms with Crippen LogP contribution in [0.5, 0.6) is 0 Å². The van der Waals surface area contributed by atoms with Crippen molar-refractivity contribution in [1.82, 2.24) is 10.3 Å². The maximum Gasteiger partial charge on any atom is 0.308 e. The molecule has 6 heteroatoms. The van der Waals surface area contributed by atoms with Crippen LogP contribution < -0.4 is 5.32 Å². The number of esters is 1. The van der Waals surface area contributed by atoms with Crippen LogP contribution in [-0.2, 0) is 20.7 Å². The molecule has 0 unspecified atom stereocenters.